The molecule has 10 nitrogen and oxygen atoms in total. The number of aromatic nitrogens is 7. The Kier molecular flexibility index (Phi) is 3.77. The second kappa shape index (κ2) is 7.24. The number of aromatic hydroxyl groups is 1. The van der Waals surface area contributed by atoms with Crippen molar-refractivity contribution in [2.45, 2.75) is 43.6 Å². The van der Waals surface area contributed by atoms with Crippen LogP contribution in [0.1, 0.15) is 23.4 Å². The number of benzene rings is 1. The van der Waals surface area contributed by atoms with Gasteiger partial charge < -0.3 is 15.3 Å². The van der Waals surface area contributed by atoms with Gasteiger partial charge in [-0.05, 0) is 36.6 Å². The minimum Gasteiger partial charge on any atom is -0.507 e. The van der Waals surface area contributed by atoms with Crippen molar-refractivity contribution in [2.24, 2.45) is 6.98 Å². The molecule has 0 unspecified atom stereocenters. The molecule has 1 aromatic carbocycles. The third-order valence-corrected chi connectivity index (χ3v) is 5.87. The first kappa shape index (κ1) is 15.6. The second-order valence-corrected chi connectivity index (χ2v) is 7.68. The summed E-state index contributed by atoms with van der Waals surface area (Å²) in [6, 6.07) is 4.43. The summed E-state index contributed by atoms with van der Waals surface area (Å²) in [4.78, 5) is 6.62. The lowest BCUT2D eigenvalue weighted by molar-refractivity contribution is 0.176. The molecule has 2 bridgehead atoms. The van der Waals surface area contributed by atoms with Gasteiger partial charge >= 0.3 is 0 Å². The van der Waals surface area contributed by atoms with Crippen LogP contribution in [0, 0.1) is 0 Å². The van der Waals surface area contributed by atoms with Crippen LogP contribution in [0.2, 0.25) is 0 Å². The van der Waals surface area contributed by atoms with E-state index in [4.69, 9.17) is 4.11 Å². The number of phenolic OH excluding ortho intramolecular Hbond substituents is 1. The van der Waals surface area contributed by atoms with Crippen molar-refractivity contribution in [3.05, 3.63) is 24.4 Å². The van der Waals surface area contributed by atoms with E-state index < -0.39 is 13.1 Å². The summed E-state index contributed by atoms with van der Waals surface area (Å²) in [5.41, 5.74) is 0.706. The Hall–Kier alpha value is -3.21. The Morgan fingerprint density at radius 1 is 1.27 bits per heavy atom. The highest BCUT2D eigenvalue weighted by Gasteiger charge is 2.43. The molecule has 11 heteroatoms. The van der Waals surface area contributed by atoms with Gasteiger partial charge in [0, 0.05) is 28.8 Å². The first-order valence-electron chi connectivity index (χ1n) is 11.2. The maximum Gasteiger partial charge on any atom is 0.205 e. The first-order chi connectivity index (χ1) is 15.7. The molecule has 2 aliphatic rings. The summed E-state index contributed by atoms with van der Waals surface area (Å²) >= 11 is 0. The van der Waals surface area contributed by atoms with E-state index >= 15 is 0 Å². The number of hydrogen-bond donors (Lipinski definition) is 2. The zero-order valence-corrected chi connectivity index (χ0v) is 16.1. The molecule has 2 fully saturated rings. The summed E-state index contributed by atoms with van der Waals surface area (Å²) in [6.07, 6.45) is 3.03. The summed E-state index contributed by atoms with van der Waals surface area (Å²) in [5.74, 6) is 0.548. The fourth-order valence-electron chi connectivity index (χ4n) is 4.26. The quantitative estimate of drug-likeness (QED) is 0.647. The number of phenols is 1. The van der Waals surface area contributed by atoms with Gasteiger partial charge in [0.05, 0.1) is 24.8 Å². The SMILES string of the molecule is [2H]C([2H])([2H])n1nnc(-c2ccc(-c3ncc(N(C)[C@@H]4C[C@@H]5CC[C@@H](N5)[C@@H]4F)nn3)c(O)c2)n1. The van der Waals surface area contributed by atoms with Crippen LogP contribution in [0.15, 0.2) is 24.4 Å². The lowest BCUT2D eigenvalue weighted by Gasteiger charge is -2.38. The largest absolute Gasteiger partial charge is 0.507 e. The minimum absolute atomic E-state index is 0.0562. The molecule has 0 amide bonds. The van der Waals surface area contributed by atoms with Crippen LogP contribution in [-0.4, -0.2) is 71.8 Å². The molecule has 5 rings (SSSR count). The van der Waals surface area contributed by atoms with E-state index in [1.807, 2.05) is 0 Å². The molecule has 0 saturated carbocycles. The van der Waals surface area contributed by atoms with Crippen LogP contribution in [-0.2, 0) is 6.98 Å². The van der Waals surface area contributed by atoms with Crippen molar-refractivity contribution < 1.29 is 13.6 Å². The zero-order chi connectivity index (χ0) is 23.3. The van der Waals surface area contributed by atoms with Crippen LogP contribution < -0.4 is 10.2 Å². The van der Waals surface area contributed by atoms with E-state index in [9.17, 15) is 9.50 Å². The highest BCUT2D eigenvalue weighted by atomic mass is 19.1. The summed E-state index contributed by atoms with van der Waals surface area (Å²) in [6.45, 7) is -2.54. The van der Waals surface area contributed by atoms with Gasteiger partial charge in [0.1, 0.15) is 11.9 Å². The lowest BCUT2D eigenvalue weighted by atomic mass is 9.96. The molecule has 0 radical (unpaired) electrons. The maximum atomic E-state index is 14.9. The number of tetrazole rings is 1. The van der Waals surface area contributed by atoms with Gasteiger partial charge in [0.15, 0.2) is 11.6 Å². The zero-order valence-electron chi connectivity index (χ0n) is 19.1. The van der Waals surface area contributed by atoms with Crippen molar-refractivity contribution >= 4 is 5.82 Å². The van der Waals surface area contributed by atoms with Gasteiger partial charge in [-0.3, -0.25) is 0 Å². The summed E-state index contributed by atoms with van der Waals surface area (Å²) in [5, 5.41) is 33.2. The molecular formula is C19H22FN9O. The normalized spacial score (nSPS) is 27.3. The summed E-state index contributed by atoms with van der Waals surface area (Å²) < 4.78 is 36.8. The predicted molar refractivity (Wildman–Crippen MR) is 106 cm³/mol. The highest BCUT2D eigenvalue weighted by Crippen LogP contribution is 2.34. The fraction of sp³-hybridized carbons (Fsp3) is 0.474. The monoisotopic (exact) mass is 414 g/mol. The average molecular weight is 414 g/mol. The van der Waals surface area contributed by atoms with Crippen LogP contribution >= 0.6 is 0 Å². The van der Waals surface area contributed by atoms with Gasteiger partial charge in [-0.15, -0.1) is 20.4 Å². The number of fused-ring (bicyclic) bond motifs is 2. The minimum atomic E-state index is -2.54. The first-order valence-corrected chi connectivity index (χ1v) is 9.67. The number of hydrogen-bond acceptors (Lipinski definition) is 9. The Balaban J connectivity index is 1.34. The van der Waals surface area contributed by atoms with Gasteiger partial charge in [-0.2, -0.15) is 4.80 Å². The van der Waals surface area contributed by atoms with E-state index in [2.05, 4.69) is 35.9 Å². The lowest BCUT2D eigenvalue weighted by Crippen LogP contribution is -2.55. The molecule has 2 aliphatic heterocycles. The smallest absolute Gasteiger partial charge is 0.205 e. The van der Waals surface area contributed by atoms with Crippen molar-refractivity contribution in [3.8, 4) is 28.5 Å². The number of rotatable bonds is 4. The van der Waals surface area contributed by atoms with E-state index in [1.54, 1.807) is 24.1 Å². The van der Waals surface area contributed by atoms with Crippen LogP contribution in [0.3, 0.4) is 0 Å². The molecule has 0 spiro atoms. The topological polar surface area (TPSA) is 118 Å². The van der Waals surface area contributed by atoms with Gasteiger partial charge in [0.2, 0.25) is 5.82 Å². The van der Waals surface area contributed by atoms with E-state index in [1.165, 1.54) is 12.3 Å². The molecule has 2 aromatic heterocycles. The number of aryl methyl sites for hydroxylation is 1. The molecule has 0 aliphatic carbocycles. The van der Waals surface area contributed by atoms with Crippen LogP contribution in [0.25, 0.3) is 22.8 Å². The van der Waals surface area contributed by atoms with E-state index in [0.29, 0.717) is 34.2 Å². The summed E-state index contributed by atoms with van der Waals surface area (Å²) in [7, 11) is 1.79. The number of halogens is 1. The number of nitrogens with one attached hydrogen (secondary N) is 1. The van der Waals surface area contributed by atoms with Crippen molar-refractivity contribution in [3.63, 3.8) is 0 Å². The molecule has 2 N–H and O–H groups in total. The third kappa shape index (κ3) is 3.24. The predicted octanol–water partition coefficient (Wildman–Crippen LogP) is 1.10. The van der Waals surface area contributed by atoms with E-state index in [0.717, 1.165) is 12.8 Å². The van der Waals surface area contributed by atoms with Gasteiger partial charge in [-0.1, -0.05) is 6.07 Å². The molecule has 4 atom stereocenters. The van der Waals surface area contributed by atoms with Gasteiger partial charge in [-0.25, -0.2) is 9.37 Å². The van der Waals surface area contributed by atoms with Crippen LogP contribution in [0.4, 0.5) is 10.2 Å². The Morgan fingerprint density at radius 3 is 2.90 bits per heavy atom. The molecule has 3 aromatic rings. The number of piperidine rings is 1. The number of nitrogens with zero attached hydrogens (tertiary/aromatic N) is 8. The molecule has 4 heterocycles. The average Bonchev–Trinajstić information content (AvgIpc) is 3.44. The molecule has 30 heavy (non-hydrogen) atoms. The Morgan fingerprint density at radius 2 is 2.17 bits per heavy atom. The molecule has 2 saturated heterocycles. The molecule has 156 valence electrons. The number of anilines is 1. The third-order valence-electron chi connectivity index (χ3n) is 5.87. The molecular weight excluding hydrogens is 389 g/mol. The van der Waals surface area contributed by atoms with Crippen LogP contribution in [0.5, 0.6) is 5.75 Å². The Bertz CT molecular complexity index is 1160. The van der Waals surface area contributed by atoms with Crippen molar-refractivity contribution in [2.75, 3.05) is 11.9 Å². The Labute approximate surface area is 176 Å². The van der Waals surface area contributed by atoms with E-state index in [-0.39, 0.29) is 29.5 Å². The van der Waals surface area contributed by atoms with Gasteiger partial charge in [0.25, 0.3) is 0 Å². The highest BCUT2D eigenvalue weighted by molar-refractivity contribution is 5.69. The van der Waals surface area contributed by atoms with Crippen molar-refractivity contribution in [1.29, 1.82) is 0 Å². The fourth-order valence-corrected chi connectivity index (χ4v) is 4.26. The standard InChI is InChI=1S/C19H22FN9O/c1-28(14-8-11-4-6-13(22-11)17(14)20)16-9-21-19(24-23-16)12-5-3-10(7-15(12)30)18-25-27-29(2)26-18/h3,5,7,9,11,13-14,17,22,30H,4,6,8H2,1-2H3/t11-,13+,14+,17-/m0/s1/i2D3. The maximum absolute atomic E-state index is 14.9. The number of alkyl halides is 1. The second-order valence-electron chi connectivity index (χ2n) is 7.68. The van der Waals surface area contributed by atoms with Crippen molar-refractivity contribution in [1.82, 2.24) is 40.7 Å².